The van der Waals surface area contributed by atoms with Gasteiger partial charge in [0.1, 0.15) is 23.5 Å². The average Bonchev–Trinajstić information content (AvgIpc) is 3.20. The molecule has 0 radical (unpaired) electrons. The van der Waals surface area contributed by atoms with Gasteiger partial charge in [0.2, 0.25) is 0 Å². The normalized spacial score (nSPS) is 13.1. The molecule has 1 N–H and O–H groups in total. The number of unbranched alkanes of at least 4 members (excludes halogenated alkanes) is 3. The van der Waals surface area contributed by atoms with Crippen LogP contribution in [0.3, 0.4) is 0 Å². The minimum Gasteiger partial charge on any atom is -0.444 e. The first kappa shape index (κ1) is 23.8. The van der Waals surface area contributed by atoms with Crippen LogP contribution in [0, 0.1) is 0 Å². The summed E-state index contributed by atoms with van der Waals surface area (Å²) in [5.41, 5.74) is 2.18. The van der Waals surface area contributed by atoms with Crippen molar-refractivity contribution >= 4 is 23.0 Å². The zero-order valence-corrected chi connectivity index (χ0v) is 19.5. The molecule has 1 aromatic heterocycles. The van der Waals surface area contributed by atoms with E-state index in [4.69, 9.17) is 13.9 Å². The summed E-state index contributed by atoms with van der Waals surface area (Å²) in [6.07, 6.45) is 6.95. The molecule has 0 saturated heterocycles. The molecule has 0 bridgehead atoms. The minimum absolute atomic E-state index is 0.315. The first-order chi connectivity index (χ1) is 15.2. The van der Waals surface area contributed by atoms with Crippen LogP contribution in [0.1, 0.15) is 76.5 Å². The third kappa shape index (κ3) is 6.11. The molecule has 7 heteroatoms. The lowest BCUT2D eigenvalue weighted by molar-refractivity contribution is -0.133. The number of hydrogen-bond donors (Lipinski definition) is 1. The van der Waals surface area contributed by atoms with Crippen LogP contribution < -0.4 is 15.7 Å². The summed E-state index contributed by atoms with van der Waals surface area (Å²) in [4.78, 5) is 36.6. The van der Waals surface area contributed by atoms with Gasteiger partial charge in [-0.1, -0.05) is 26.2 Å². The molecule has 0 unspecified atom stereocenters. The first-order valence-electron chi connectivity index (χ1n) is 11.5. The molecule has 0 aliphatic heterocycles. The summed E-state index contributed by atoms with van der Waals surface area (Å²) >= 11 is 0. The van der Waals surface area contributed by atoms with E-state index >= 15 is 0 Å². The standard InChI is InChI=1S/C25H33NO6/c1-5-6-7-8-10-16-13-19-17-11-9-12-18(17)23(28)31-21(19)14-20(16)30-22(27)15-26-24(29)32-25(2,3)4/h13-14H,5-12,15H2,1-4H3,(H,26,29). The maximum absolute atomic E-state index is 12.4. The molecule has 174 valence electrons. The van der Waals surface area contributed by atoms with Crippen molar-refractivity contribution in [3.05, 3.63) is 39.2 Å². The van der Waals surface area contributed by atoms with Gasteiger partial charge in [-0.05, 0) is 70.1 Å². The zero-order valence-electron chi connectivity index (χ0n) is 19.5. The predicted molar refractivity (Wildman–Crippen MR) is 122 cm³/mol. The number of amides is 1. The van der Waals surface area contributed by atoms with Crippen molar-refractivity contribution in [2.24, 2.45) is 0 Å². The number of carbonyl (C=O) groups is 2. The van der Waals surface area contributed by atoms with Gasteiger partial charge in [-0.3, -0.25) is 0 Å². The van der Waals surface area contributed by atoms with Crippen LogP contribution in [-0.2, 0) is 28.8 Å². The SMILES string of the molecule is CCCCCCc1cc2c3c(c(=O)oc2cc1OC(=O)CNC(=O)OC(C)(C)C)CCC3. The molecule has 3 rings (SSSR count). The summed E-state index contributed by atoms with van der Waals surface area (Å²) in [5.74, 6) is -0.250. The van der Waals surface area contributed by atoms with Crippen molar-refractivity contribution in [3.63, 3.8) is 0 Å². The summed E-state index contributed by atoms with van der Waals surface area (Å²) in [6, 6.07) is 3.63. The number of rotatable bonds is 8. The Morgan fingerprint density at radius 2 is 1.84 bits per heavy atom. The van der Waals surface area contributed by atoms with Gasteiger partial charge in [0.15, 0.2) is 0 Å². The highest BCUT2D eigenvalue weighted by Gasteiger charge is 2.22. The number of alkyl carbamates (subject to hydrolysis) is 1. The monoisotopic (exact) mass is 443 g/mol. The second-order valence-corrected chi connectivity index (χ2v) is 9.30. The lowest BCUT2D eigenvalue weighted by Crippen LogP contribution is -2.36. The Morgan fingerprint density at radius 1 is 1.09 bits per heavy atom. The maximum atomic E-state index is 12.4. The van der Waals surface area contributed by atoms with Gasteiger partial charge in [0.25, 0.3) is 0 Å². The molecule has 0 spiro atoms. The molecule has 32 heavy (non-hydrogen) atoms. The van der Waals surface area contributed by atoms with Crippen LogP contribution in [0.15, 0.2) is 21.3 Å². The van der Waals surface area contributed by atoms with E-state index in [1.807, 2.05) is 6.07 Å². The molecule has 1 aliphatic carbocycles. The number of ether oxygens (including phenoxy) is 2. The number of fused-ring (bicyclic) bond motifs is 3. The molecule has 1 heterocycles. The molecule has 1 aliphatic rings. The highest BCUT2D eigenvalue weighted by molar-refractivity contribution is 5.86. The Morgan fingerprint density at radius 3 is 2.56 bits per heavy atom. The van der Waals surface area contributed by atoms with E-state index in [1.54, 1.807) is 26.8 Å². The number of carbonyl (C=O) groups excluding carboxylic acids is 2. The summed E-state index contributed by atoms with van der Waals surface area (Å²) in [5, 5.41) is 3.33. The van der Waals surface area contributed by atoms with Gasteiger partial charge >= 0.3 is 17.7 Å². The zero-order chi connectivity index (χ0) is 23.3. The van der Waals surface area contributed by atoms with Crippen molar-refractivity contribution < 1.29 is 23.5 Å². The third-order valence-corrected chi connectivity index (χ3v) is 5.45. The maximum Gasteiger partial charge on any atom is 0.408 e. The number of hydrogen-bond acceptors (Lipinski definition) is 6. The molecule has 0 atom stereocenters. The topological polar surface area (TPSA) is 94.8 Å². The molecule has 7 nitrogen and oxygen atoms in total. The highest BCUT2D eigenvalue weighted by Crippen LogP contribution is 2.33. The Bertz CT molecular complexity index is 1050. The van der Waals surface area contributed by atoms with E-state index in [2.05, 4.69) is 12.2 Å². The molecule has 1 aromatic carbocycles. The highest BCUT2D eigenvalue weighted by atomic mass is 16.6. The van der Waals surface area contributed by atoms with E-state index in [0.29, 0.717) is 11.3 Å². The number of aryl methyl sites for hydroxylation is 2. The van der Waals surface area contributed by atoms with Gasteiger partial charge in [-0.15, -0.1) is 0 Å². The molecular weight excluding hydrogens is 410 g/mol. The smallest absolute Gasteiger partial charge is 0.408 e. The first-order valence-corrected chi connectivity index (χ1v) is 11.5. The molecule has 0 saturated carbocycles. The number of benzene rings is 1. The van der Waals surface area contributed by atoms with Crippen molar-refractivity contribution in [3.8, 4) is 5.75 Å². The quantitative estimate of drug-likeness (QED) is 0.272. The van der Waals surface area contributed by atoms with E-state index in [1.165, 1.54) is 0 Å². The summed E-state index contributed by atoms with van der Waals surface area (Å²) in [6.45, 7) is 7.07. The van der Waals surface area contributed by atoms with Crippen LogP contribution in [0.4, 0.5) is 4.79 Å². The third-order valence-electron chi connectivity index (χ3n) is 5.45. The fourth-order valence-electron chi connectivity index (χ4n) is 4.00. The van der Waals surface area contributed by atoms with Gasteiger partial charge in [0, 0.05) is 17.0 Å². The molecule has 0 fully saturated rings. The lowest BCUT2D eigenvalue weighted by atomic mass is 10.00. The lowest BCUT2D eigenvalue weighted by Gasteiger charge is -2.19. The largest absolute Gasteiger partial charge is 0.444 e. The Labute approximate surface area is 188 Å². The summed E-state index contributed by atoms with van der Waals surface area (Å²) in [7, 11) is 0. The Hall–Kier alpha value is -2.83. The van der Waals surface area contributed by atoms with Crippen LogP contribution >= 0.6 is 0 Å². The second kappa shape index (κ2) is 10.2. The van der Waals surface area contributed by atoms with Crippen LogP contribution in [0.5, 0.6) is 5.75 Å². The summed E-state index contributed by atoms with van der Waals surface area (Å²) < 4.78 is 16.3. The fourth-order valence-corrected chi connectivity index (χ4v) is 4.00. The van der Waals surface area contributed by atoms with E-state index < -0.39 is 17.7 Å². The van der Waals surface area contributed by atoms with Crippen molar-refractivity contribution in [2.45, 2.75) is 84.7 Å². The number of esters is 1. The molecule has 2 aromatic rings. The van der Waals surface area contributed by atoms with E-state index in [9.17, 15) is 14.4 Å². The Kier molecular flexibility index (Phi) is 7.59. The predicted octanol–water partition coefficient (Wildman–Crippen LogP) is 4.83. The fraction of sp³-hybridized carbons (Fsp3) is 0.560. The second-order valence-electron chi connectivity index (χ2n) is 9.30. The molecule has 1 amide bonds. The van der Waals surface area contributed by atoms with Crippen LogP contribution in [-0.4, -0.2) is 24.2 Å². The van der Waals surface area contributed by atoms with E-state index in [0.717, 1.165) is 73.4 Å². The average molecular weight is 444 g/mol. The van der Waals surface area contributed by atoms with Crippen LogP contribution in [0.2, 0.25) is 0 Å². The molecular formula is C25H33NO6. The van der Waals surface area contributed by atoms with Crippen molar-refractivity contribution in [1.29, 1.82) is 0 Å². The number of nitrogens with one attached hydrogen (secondary N) is 1. The van der Waals surface area contributed by atoms with Crippen LogP contribution in [0.25, 0.3) is 11.0 Å². The Balaban J connectivity index is 1.81. The van der Waals surface area contributed by atoms with Gasteiger partial charge in [-0.2, -0.15) is 0 Å². The van der Waals surface area contributed by atoms with Gasteiger partial charge < -0.3 is 19.2 Å². The minimum atomic E-state index is -0.686. The van der Waals surface area contributed by atoms with Crippen molar-refractivity contribution in [1.82, 2.24) is 5.32 Å². The van der Waals surface area contributed by atoms with Gasteiger partial charge in [-0.25, -0.2) is 14.4 Å². The van der Waals surface area contributed by atoms with Gasteiger partial charge in [0.05, 0.1) is 0 Å². The van der Waals surface area contributed by atoms with E-state index in [-0.39, 0.29) is 12.2 Å². The van der Waals surface area contributed by atoms with Crippen molar-refractivity contribution in [2.75, 3.05) is 6.54 Å².